The molecule has 4 rings (SSSR count). The van der Waals surface area contributed by atoms with Gasteiger partial charge in [0.2, 0.25) is 5.89 Å². The number of hydrogen-bond acceptors (Lipinski definition) is 7. The minimum atomic E-state index is 0.0234. The van der Waals surface area contributed by atoms with Gasteiger partial charge in [-0.3, -0.25) is 4.79 Å². The lowest BCUT2D eigenvalue weighted by Gasteiger charge is -2.35. The van der Waals surface area contributed by atoms with Gasteiger partial charge in [-0.2, -0.15) is 0 Å². The fraction of sp³-hybridized carbons (Fsp3) is 0.294. The highest BCUT2D eigenvalue weighted by atomic mass is 35.5. The number of aromatic nitrogens is 3. The number of aryl methyl sites for hydroxylation is 1. The molecule has 0 saturated carbocycles. The van der Waals surface area contributed by atoms with Gasteiger partial charge in [0.1, 0.15) is 5.82 Å². The lowest BCUT2D eigenvalue weighted by molar-refractivity contribution is 0.0751. The Hall–Kier alpha value is -2.45. The van der Waals surface area contributed by atoms with Crippen LogP contribution in [0.1, 0.15) is 15.6 Å². The maximum absolute atomic E-state index is 12.6. The summed E-state index contributed by atoms with van der Waals surface area (Å²) in [4.78, 5) is 21.7. The summed E-state index contributed by atoms with van der Waals surface area (Å²) in [6.07, 6.45) is 1.74. The monoisotopic (exact) mass is 389 g/mol. The number of carbonyl (C=O) groups is 1. The molecular formula is C17H16ClN5O2S. The van der Waals surface area contributed by atoms with Gasteiger partial charge in [-0.1, -0.05) is 11.6 Å². The van der Waals surface area contributed by atoms with Crippen molar-refractivity contribution in [1.29, 1.82) is 0 Å². The molecule has 134 valence electrons. The number of amides is 1. The van der Waals surface area contributed by atoms with Crippen molar-refractivity contribution in [1.82, 2.24) is 20.1 Å². The number of piperazine rings is 1. The van der Waals surface area contributed by atoms with Gasteiger partial charge >= 0.3 is 0 Å². The van der Waals surface area contributed by atoms with E-state index in [4.69, 9.17) is 16.0 Å². The molecule has 0 N–H and O–H groups in total. The van der Waals surface area contributed by atoms with Gasteiger partial charge in [0, 0.05) is 39.3 Å². The van der Waals surface area contributed by atoms with E-state index in [0.29, 0.717) is 47.2 Å². The summed E-state index contributed by atoms with van der Waals surface area (Å²) in [6, 6.07) is 7.29. The molecule has 4 heterocycles. The van der Waals surface area contributed by atoms with Crippen molar-refractivity contribution in [3.8, 4) is 11.5 Å². The highest BCUT2D eigenvalue weighted by Gasteiger charge is 2.26. The van der Waals surface area contributed by atoms with E-state index in [1.807, 2.05) is 17.0 Å². The number of carbonyl (C=O) groups excluding carboxylic acids is 1. The normalized spacial score (nSPS) is 14.7. The molecule has 9 heteroatoms. The van der Waals surface area contributed by atoms with E-state index in [0.717, 1.165) is 11.4 Å². The summed E-state index contributed by atoms with van der Waals surface area (Å²) >= 11 is 7.24. The summed E-state index contributed by atoms with van der Waals surface area (Å²) in [6.45, 7) is 4.36. The first-order chi connectivity index (χ1) is 12.6. The summed E-state index contributed by atoms with van der Waals surface area (Å²) in [5, 5.41) is 7.99. The number of anilines is 1. The van der Waals surface area contributed by atoms with E-state index in [2.05, 4.69) is 20.1 Å². The van der Waals surface area contributed by atoms with Crippen molar-refractivity contribution in [2.24, 2.45) is 0 Å². The third kappa shape index (κ3) is 3.30. The SMILES string of the molecule is Cc1nnc(-c2cccnc2N2CCN(C(=O)c3ccc(Cl)s3)CC2)o1. The number of thiophene rings is 1. The van der Waals surface area contributed by atoms with Gasteiger partial charge in [0.25, 0.3) is 11.8 Å². The van der Waals surface area contributed by atoms with Crippen LogP contribution in [0.25, 0.3) is 11.5 Å². The summed E-state index contributed by atoms with van der Waals surface area (Å²) in [7, 11) is 0. The van der Waals surface area contributed by atoms with Crippen LogP contribution < -0.4 is 4.90 Å². The van der Waals surface area contributed by atoms with Crippen molar-refractivity contribution in [3.63, 3.8) is 0 Å². The molecule has 3 aromatic rings. The molecule has 1 amide bonds. The van der Waals surface area contributed by atoms with E-state index in [9.17, 15) is 4.79 Å². The van der Waals surface area contributed by atoms with E-state index in [1.54, 1.807) is 25.3 Å². The number of hydrogen-bond donors (Lipinski definition) is 0. The number of halogens is 1. The van der Waals surface area contributed by atoms with Crippen LogP contribution >= 0.6 is 22.9 Å². The molecular weight excluding hydrogens is 374 g/mol. The fourth-order valence-electron chi connectivity index (χ4n) is 2.93. The van der Waals surface area contributed by atoms with Crippen molar-refractivity contribution in [3.05, 3.63) is 45.6 Å². The molecule has 1 saturated heterocycles. The van der Waals surface area contributed by atoms with E-state index < -0.39 is 0 Å². The van der Waals surface area contributed by atoms with Crippen LogP contribution in [0.4, 0.5) is 5.82 Å². The lowest BCUT2D eigenvalue weighted by Crippen LogP contribution is -2.49. The molecule has 3 aromatic heterocycles. The van der Waals surface area contributed by atoms with Crippen LogP contribution in [0.5, 0.6) is 0 Å². The molecule has 0 spiro atoms. The maximum Gasteiger partial charge on any atom is 0.264 e. The second-order valence-corrected chi connectivity index (χ2v) is 7.60. The molecule has 0 aliphatic carbocycles. The first-order valence-corrected chi connectivity index (χ1v) is 9.36. The zero-order valence-electron chi connectivity index (χ0n) is 14.1. The molecule has 0 bridgehead atoms. The van der Waals surface area contributed by atoms with Crippen molar-refractivity contribution in [2.45, 2.75) is 6.92 Å². The topological polar surface area (TPSA) is 75.4 Å². The zero-order valence-corrected chi connectivity index (χ0v) is 15.6. The van der Waals surface area contributed by atoms with E-state index in [1.165, 1.54) is 11.3 Å². The zero-order chi connectivity index (χ0) is 18.1. The second-order valence-electron chi connectivity index (χ2n) is 5.88. The van der Waals surface area contributed by atoms with Crippen LogP contribution in [0.15, 0.2) is 34.9 Å². The average molecular weight is 390 g/mol. The Morgan fingerprint density at radius 2 is 2.00 bits per heavy atom. The first-order valence-electron chi connectivity index (χ1n) is 8.17. The predicted octanol–water partition coefficient (Wildman–Crippen LogP) is 3.12. The quantitative estimate of drug-likeness (QED) is 0.685. The van der Waals surface area contributed by atoms with Crippen LogP contribution in [0.3, 0.4) is 0 Å². The minimum absolute atomic E-state index is 0.0234. The van der Waals surface area contributed by atoms with Crippen LogP contribution in [0.2, 0.25) is 4.34 Å². The molecule has 7 nitrogen and oxygen atoms in total. The Labute approximate surface area is 159 Å². The van der Waals surface area contributed by atoms with Gasteiger partial charge in [0.15, 0.2) is 0 Å². The first kappa shape index (κ1) is 17.0. The predicted molar refractivity (Wildman–Crippen MR) is 99.7 cm³/mol. The maximum atomic E-state index is 12.6. The molecule has 0 unspecified atom stereocenters. The Morgan fingerprint density at radius 1 is 1.19 bits per heavy atom. The third-order valence-corrected chi connectivity index (χ3v) is 5.41. The molecule has 1 aliphatic rings. The van der Waals surface area contributed by atoms with Gasteiger partial charge in [-0.25, -0.2) is 4.98 Å². The van der Waals surface area contributed by atoms with Crippen LogP contribution in [0, 0.1) is 6.92 Å². The lowest BCUT2D eigenvalue weighted by atomic mass is 10.2. The molecule has 0 atom stereocenters. The van der Waals surface area contributed by atoms with Gasteiger partial charge in [0.05, 0.1) is 14.8 Å². The molecule has 0 aromatic carbocycles. The smallest absolute Gasteiger partial charge is 0.264 e. The summed E-state index contributed by atoms with van der Waals surface area (Å²) in [5.74, 6) is 1.79. The number of nitrogens with zero attached hydrogens (tertiary/aromatic N) is 5. The Bertz CT molecular complexity index is 933. The molecule has 1 aliphatic heterocycles. The summed E-state index contributed by atoms with van der Waals surface area (Å²) in [5.41, 5.74) is 0.804. The third-order valence-electron chi connectivity index (χ3n) is 4.19. The molecule has 1 fully saturated rings. The second kappa shape index (κ2) is 7.05. The number of rotatable bonds is 3. The van der Waals surface area contributed by atoms with Crippen LogP contribution in [-0.4, -0.2) is 52.2 Å². The van der Waals surface area contributed by atoms with Crippen molar-refractivity contribution >= 4 is 34.7 Å². The van der Waals surface area contributed by atoms with E-state index >= 15 is 0 Å². The van der Waals surface area contributed by atoms with Crippen molar-refractivity contribution in [2.75, 3.05) is 31.1 Å². The van der Waals surface area contributed by atoms with Gasteiger partial charge in [-0.05, 0) is 24.3 Å². The van der Waals surface area contributed by atoms with Crippen LogP contribution in [-0.2, 0) is 0 Å². The average Bonchev–Trinajstić information content (AvgIpc) is 3.30. The number of pyridine rings is 1. The highest BCUT2D eigenvalue weighted by Crippen LogP contribution is 2.29. The minimum Gasteiger partial charge on any atom is -0.421 e. The van der Waals surface area contributed by atoms with Gasteiger partial charge in [-0.15, -0.1) is 21.5 Å². The van der Waals surface area contributed by atoms with Gasteiger partial charge < -0.3 is 14.2 Å². The standard InChI is InChI=1S/C17H16ClN5O2S/c1-11-20-21-16(25-11)12-3-2-6-19-15(12)22-7-9-23(10-8-22)17(24)13-4-5-14(18)26-13/h2-6H,7-10H2,1H3. The summed E-state index contributed by atoms with van der Waals surface area (Å²) < 4.78 is 6.18. The van der Waals surface area contributed by atoms with Crippen molar-refractivity contribution < 1.29 is 9.21 Å². The largest absolute Gasteiger partial charge is 0.421 e. The fourth-order valence-corrected chi connectivity index (χ4v) is 3.94. The Kier molecular flexibility index (Phi) is 4.60. The Balaban J connectivity index is 1.50. The highest BCUT2D eigenvalue weighted by molar-refractivity contribution is 7.17. The Morgan fingerprint density at radius 3 is 2.65 bits per heavy atom. The van der Waals surface area contributed by atoms with E-state index in [-0.39, 0.29) is 5.91 Å². The molecule has 26 heavy (non-hydrogen) atoms. The molecule has 0 radical (unpaired) electrons.